The van der Waals surface area contributed by atoms with Crippen LogP contribution in [0.4, 0.5) is 0 Å². The summed E-state index contributed by atoms with van der Waals surface area (Å²) >= 11 is 0. The zero-order valence-corrected chi connectivity index (χ0v) is 14.4. The van der Waals surface area contributed by atoms with Gasteiger partial charge in [-0.15, -0.1) is 0 Å². The lowest BCUT2D eigenvalue weighted by molar-refractivity contribution is -0.00981. The number of hydrogen-bond acceptors (Lipinski definition) is 2. The summed E-state index contributed by atoms with van der Waals surface area (Å²) in [6.45, 7) is 6.24. The van der Waals surface area contributed by atoms with Crippen molar-refractivity contribution in [3.05, 3.63) is 23.3 Å². The molecule has 4 rings (SSSR count). The van der Waals surface area contributed by atoms with Gasteiger partial charge in [0.05, 0.1) is 6.10 Å². The second-order valence-electron chi connectivity index (χ2n) is 8.74. The van der Waals surface area contributed by atoms with Crippen LogP contribution in [0.25, 0.3) is 0 Å². The molecule has 0 radical (unpaired) electrons. The molecule has 2 nitrogen and oxygen atoms in total. The van der Waals surface area contributed by atoms with Gasteiger partial charge >= 0.3 is 0 Å². The predicted octanol–water partition coefficient (Wildman–Crippen LogP) is 3.91. The van der Waals surface area contributed by atoms with Gasteiger partial charge in [0, 0.05) is 5.54 Å². The molecule has 0 amide bonds. The zero-order chi connectivity index (χ0) is 15.5. The Balaban J connectivity index is 1.73. The van der Waals surface area contributed by atoms with Crippen molar-refractivity contribution >= 4 is 0 Å². The molecule has 2 saturated carbocycles. The Morgan fingerprint density at radius 3 is 2.73 bits per heavy atom. The Hall–Kier alpha value is -0.600. The summed E-state index contributed by atoms with van der Waals surface area (Å²) in [7, 11) is 2.33. The number of rotatable bonds is 0. The summed E-state index contributed by atoms with van der Waals surface area (Å²) in [4.78, 5) is 2.63. The van der Waals surface area contributed by atoms with Gasteiger partial charge in [0.2, 0.25) is 0 Å². The Kier molecular flexibility index (Phi) is 3.36. The lowest BCUT2D eigenvalue weighted by Crippen LogP contribution is -2.58. The standard InChI is InChI=1S/C20H31NO/c1-19-10-8-15(22)13-14(19)6-7-16-17(19)9-11-20(2)18(16)5-4-12-21(20)3/h6-7,15,17-18,22H,4-5,8-13H2,1-3H3. The number of piperidine rings is 1. The summed E-state index contributed by atoms with van der Waals surface area (Å²) in [5.41, 5.74) is 3.95. The Morgan fingerprint density at radius 1 is 1.09 bits per heavy atom. The predicted molar refractivity (Wildman–Crippen MR) is 90.6 cm³/mol. The van der Waals surface area contributed by atoms with Crippen LogP contribution in [0.3, 0.4) is 0 Å². The third-order valence-electron chi connectivity index (χ3n) is 7.79. The smallest absolute Gasteiger partial charge is 0.0578 e. The van der Waals surface area contributed by atoms with Crippen LogP contribution in [-0.2, 0) is 0 Å². The number of hydrogen-bond donors (Lipinski definition) is 1. The van der Waals surface area contributed by atoms with E-state index in [0.717, 1.165) is 24.7 Å². The number of aliphatic hydroxyl groups is 1. The molecule has 1 aliphatic heterocycles. The van der Waals surface area contributed by atoms with Crippen molar-refractivity contribution < 1.29 is 5.11 Å². The van der Waals surface area contributed by atoms with Gasteiger partial charge in [-0.2, -0.15) is 0 Å². The summed E-state index contributed by atoms with van der Waals surface area (Å²) in [6.07, 6.45) is 13.2. The maximum absolute atomic E-state index is 10.1. The van der Waals surface area contributed by atoms with Gasteiger partial charge in [-0.05, 0) is 82.7 Å². The first-order chi connectivity index (χ1) is 10.4. The lowest BCUT2D eigenvalue weighted by Gasteiger charge is -2.59. The van der Waals surface area contributed by atoms with Crippen molar-refractivity contribution in [2.45, 2.75) is 70.4 Å². The van der Waals surface area contributed by atoms with Crippen molar-refractivity contribution in [2.75, 3.05) is 13.6 Å². The fourth-order valence-corrected chi connectivity index (χ4v) is 6.09. The summed E-state index contributed by atoms with van der Waals surface area (Å²) < 4.78 is 0. The van der Waals surface area contributed by atoms with E-state index in [2.05, 4.69) is 37.9 Å². The third kappa shape index (κ3) is 1.93. The van der Waals surface area contributed by atoms with E-state index in [4.69, 9.17) is 0 Å². The quantitative estimate of drug-likeness (QED) is 0.733. The van der Waals surface area contributed by atoms with E-state index in [-0.39, 0.29) is 6.10 Å². The average Bonchev–Trinajstić information content (AvgIpc) is 2.49. The van der Waals surface area contributed by atoms with Crippen molar-refractivity contribution in [1.29, 1.82) is 0 Å². The van der Waals surface area contributed by atoms with Gasteiger partial charge in [-0.25, -0.2) is 0 Å². The molecule has 0 bridgehead atoms. The van der Waals surface area contributed by atoms with Crippen molar-refractivity contribution in [1.82, 2.24) is 4.90 Å². The van der Waals surface area contributed by atoms with E-state index in [0.29, 0.717) is 11.0 Å². The highest BCUT2D eigenvalue weighted by molar-refractivity contribution is 5.39. The highest BCUT2D eigenvalue weighted by Crippen LogP contribution is 2.59. The van der Waals surface area contributed by atoms with E-state index in [1.165, 1.54) is 44.2 Å². The van der Waals surface area contributed by atoms with Crippen LogP contribution in [0.2, 0.25) is 0 Å². The van der Waals surface area contributed by atoms with Crippen molar-refractivity contribution in [2.24, 2.45) is 17.3 Å². The molecule has 5 unspecified atom stereocenters. The van der Waals surface area contributed by atoms with E-state index in [9.17, 15) is 5.11 Å². The highest BCUT2D eigenvalue weighted by atomic mass is 16.3. The Labute approximate surface area is 135 Å². The minimum absolute atomic E-state index is 0.107. The number of likely N-dealkylation sites (tertiary alicyclic amines) is 1. The molecule has 3 fully saturated rings. The SMILES string of the molecule is CN1CCCC2C3=CC=C4CC(O)CCC4(C)C3CCC21C. The molecule has 5 atom stereocenters. The molecular weight excluding hydrogens is 270 g/mol. The van der Waals surface area contributed by atoms with Crippen molar-refractivity contribution in [3.8, 4) is 0 Å². The van der Waals surface area contributed by atoms with E-state index in [1.54, 1.807) is 5.57 Å². The first-order valence-corrected chi connectivity index (χ1v) is 9.25. The molecule has 122 valence electrons. The molecule has 1 saturated heterocycles. The van der Waals surface area contributed by atoms with Gasteiger partial charge < -0.3 is 10.0 Å². The molecular formula is C20H31NO. The molecule has 1 heterocycles. The van der Waals surface area contributed by atoms with Crippen molar-refractivity contribution in [3.63, 3.8) is 0 Å². The minimum atomic E-state index is -0.107. The van der Waals surface area contributed by atoms with Crippen LogP contribution in [0.5, 0.6) is 0 Å². The van der Waals surface area contributed by atoms with Crippen LogP contribution >= 0.6 is 0 Å². The lowest BCUT2D eigenvalue weighted by atomic mass is 9.51. The number of aliphatic hydroxyl groups excluding tert-OH is 1. The minimum Gasteiger partial charge on any atom is -0.393 e. The van der Waals surface area contributed by atoms with E-state index in [1.807, 2.05) is 0 Å². The molecule has 0 aromatic rings. The summed E-state index contributed by atoms with van der Waals surface area (Å²) in [5.74, 6) is 1.47. The monoisotopic (exact) mass is 301 g/mol. The van der Waals surface area contributed by atoms with E-state index < -0.39 is 0 Å². The normalized spacial score (nSPS) is 48.6. The topological polar surface area (TPSA) is 23.5 Å². The average molecular weight is 301 g/mol. The molecule has 2 heteroatoms. The van der Waals surface area contributed by atoms with Gasteiger partial charge in [0.1, 0.15) is 0 Å². The first-order valence-electron chi connectivity index (χ1n) is 9.25. The largest absolute Gasteiger partial charge is 0.393 e. The molecule has 4 aliphatic rings. The van der Waals surface area contributed by atoms with Gasteiger partial charge in [0.25, 0.3) is 0 Å². The molecule has 0 aromatic carbocycles. The maximum Gasteiger partial charge on any atom is 0.0578 e. The van der Waals surface area contributed by atoms with Crippen LogP contribution in [0.15, 0.2) is 23.3 Å². The first kappa shape index (κ1) is 15.0. The molecule has 3 aliphatic carbocycles. The highest BCUT2D eigenvalue weighted by Gasteiger charge is 2.53. The number of fused-ring (bicyclic) bond motifs is 5. The third-order valence-corrected chi connectivity index (χ3v) is 7.79. The van der Waals surface area contributed by atoms with Gasteiger partial charge in [0.15, 0.2) is 0 Å². The molecule has 0 spiro atoms. The Bertz CT molecular complexity index is 536. The summed E-state index contributed by atoms with van der Waals surface area (Å²) in [5, 5.41) is 10.1. The van der Waals surface area contributed by atoms with Crippen LogP contribution in [0.1, 0.15) is 58.8 Å². The van der Waals surface area contributed by atoms with Gasteiger partial charge in [-0.1, -0.05) is 30.2 Å². The molecule has 22 heavy (non-hydrogen) atoms. The fraction of sp³-hybridized carbons (Fsp3) is 0.800. The summed E-state index contributed by atoms with van der Waals surface area (Å²) in [6, 6.07) is 0. The molecule has 1 N–H and O–H groups in total. The Morgan fingerprint density at radius 2 is 1.91 bits per heavy atom. The maximum atomic E-state index is 10.1. The van der Waals surface area contributed by atoms with Crippen LogP contribution < -0.4 is 0 Å². The van der Waals surface area contributed by atoms with Crippen LogP contribution in [0, 0.1) is 17.3 Å². The molecule has 0 aromatic heterocycles. The van der Waals surface area contributed by atoms with Crippen LogP contribution in [-0.4, -0.2) is 35.2 Å². The second kappa shape index (κ2) is 4.95. The zero-order valence-electron chi connectivity index (χ0n) is 14.4. The second-order valence-corrected chi connectivity index (χ2v) is 8.74. The number of nitrogens with zero attached hydrogens (tertiary/aromatic N) is 1. The van der Waals surface area contributed by atoms with E-state index >= 15 is 0 Å². The fourth-order valence-electron chi connectivity index (χ4n) is 6.09. The number of allylic oxidation sites excluding steroid dienone is 2. The van der Waals surface area contributed by atoms with Gasteiger partial charge in [-0.3, -0.25) is 0 Å².